The minimum Gasteiger partial charge on any atom is -0.493 e. The molecule has 1 aromatic rings. The number of piperidine rings is 1. The van der Waals surface area contributed by atoms with Gasteiger partial charge in [-0.2, -0.15) is 0 Å². The van der Waals surface area contributed by atoms with Gasteiger partial charge >= 0.3 is 6.03 Å². The lowest BCUT2D eigenvalue weighted by Crippen LogP contribution is -2.45. The number of nitrogens with zero attached hydrogens (tertiary/aromatic N) is 1. The van der Waals surface area contributed by atoms with Gasteiger partial charge in [0.25, 0.3) is 0 Å². The van der Waals surface area contributed by atoms with E-state index < -0.39 is 0 Å². The van der Waals surface area contributed by atoms with Crippen LogP contribution >= 0.6 is 0 Å². The van der Waals surface area contributed by atoms with Crippen LogP contribution in [0.2, 0.25) is 0 Å². The molecule has 1 heterocycles. The van der Waals surface area contributed by atoms with Gasteiger partial charge in [-0.05, 0) is 42.9 Å². The van der Waals surface area contributed by atoms with E-state index in [1.165, 1.54) is 5.56 Å². The number of benzene rings is 1. The highest BCUT2D eigenvalue weighted by Crippen LogP contribution is 2.30. The standard InChI is InChI=1S/C18H28N2O4/c1-22-11-8-19-18(21)20-9-6-14(7-10-20)12-15-4-5-16(23-2)17(13-15)24-3/h4-5,13-14H,6-12H2,1-3H3,(H,19,21). The van der Waals surface area contributed by atoms with Gasteiger partial charge in [0, 0.05) is 26.7 Å². The molecule has 1 N–H and O–H groups in total. The van der Waals surface area contributed by atoms with Gasteiger partial charge in [0.15, 0.2) is 11.5 Å². The quantitative estimate of drug-likeness (QED) is 0.776. The first-order valence-electron chi connectivity index (χ1n) is 8.40. The van der Waals surface area contributed by atoms with E-state index >= 15 is 0 Å². The van der Waals surface area contributed by atoms with Crippen LogP contribution in [0.5, 0.6) is 11.5 Å². The Morgan fingerprint density at radius 2 is 1.88 bits per heavy atom. The highest BCUT2D eigenvalue weighted by atomic mass is 16.5. The van der Waals surface area contributed by atoms with Crippen molar-refractivity contribution in [3.8, 4) is 11.5 Å². The van der Waals surface area contributed by atoms with Crippen molar-refractivity contribution in [2.75, 3.05) is 47.6 Å². The minimum atomic E-state index is 0.0108. The molecular formula is C18H28N2O4. The second-order valence-electron chi connectivity index (χ2n) is 6.05. The van der Waals surface area contributed by atoms with E-state index in [2.05, 4.69) is 11.4 Å². The summed E-state index contributed by atoms with van der Waals surface area (Å²) in [6, 6.07) is 6.09. The summed E-state index contributed by atoms with van der Waals surface area (Å²) in [5, 5.41) is 2.88. The largest absolute Gasteiger partial charge is 0.493 e. The monoisotopic (exact) mass is 336 g/mol. The van der Waals surface area contributed by atoms with Gasteiger partial charge in [0.2, 0.25) is 0 Å². The van der Waals surface area contributed by atoms with Gasteiger partial charge in [0.1, 0.15) is 0 Å². The maximum absolute atomic E-state index is 12.0. The summed E-state index contributed by atoms with van der Waals surface area (Å²) in [4.78, 5) is 13.9. The Labute approximate surface area is 144 Å². The van der Waals surface area contributed by atoms with Crippen molar-refractivity contribution in [2.45, 2.75) is 19.3 Å². The smallest absolute Gasteiger partial charge is 0.317 e. The Morgan fingerprint density at radius 3 is 2.50 bits per heavy atom. The van der Waals surface area contributed by atoms with Crippen LogP contribution < -0.4 is 14.8 Å². The van der Waals surface area contributed by atoms with Gasteiger partial charge in [-0.25, -0.2) is 4.79 Å². The maximum atomic E-state index is 12.0. The molecule has 2 amide bonds. The summed E-state index contributed by atoms with van der Waals surface area (Å²) in [6.45, 7) is 2.70. The lowest BCUT2D eigenvalue weighted by Gasteiger charge is -2.32. The third-order valence-corrected chi connectivity index (χ3v) is 4.46. The highest BCUT2D eigenvalue weighted by Gasteiger charge is 2.23. The number of methoxy groups -OCH3 is 3. The lowest BCUT2D eigenvalue weighted by atomic mass is 9.90. The zero-order valence-electron chi connectivity index (χ0n) is 14.8. The van der Waals surface area contributed by atoms with Crippen LogP contribution in [0.3, 0.4) is 0 Å². The number of urea groups is 1. The fourth-order valence-corrected chi connectivity index (χ4v) is 3.05. The van der Waals surface area contributed by atoms with Crippen molar-refractivity contribution >= 4 is 6.03 Å². The van der Waals surface area contributed by atoms with Crippen LogP contribution in [0.15, 0.2) is 18.2 Å². The third-order valence-electron chi connectivity index (χ3n) is 4.46. The van der Waals surface area contributed by atoms with E-state index in [0.29, 0.717) is 19.1 Å². The van der Waals surface area contributed by atoms with Crippen LogP contribution in [0, 0.1) is 5.92 Å². The van der Waals surface area contributed by atoms with Crippen molar-refractivity contribution in [1.82, 2.24) is 10.2 Å². The fraction of sp³-hybridized carbons (Fsp3) is 0.611. The lowest BCUT2D eigenvalue weighted by molar-refractivity contribution is 0.161. The van der Waals surface area contributed by atoms with Crippen molar-refractivity contribution in [3.05, 3.63) is 23.8 Å². The molecule has 6 heteroatoms. The molecule has 0 radical (unpaired) electrons. The van der Waals surface area contributed by atoms with E-state index in [9.17, 15) is 4.79 Å². The predicted octanol–water partition coefficient (Wildman–Crippen LogP) is 2.31. The number of amides is 2. The molecule has 1 saturated heterocycles. The molecule has 1 aliphatic rings. The molecule has 0 aromatic heterocycles. The molecule has 0 saturated carbocycles. The number of carbonyl (C=O) groups is 1. The number of hydrogen-bond acceptors (Lipinski definition) is 4. The molecule has 134 valence electrons. The summed E-state index contributed by atoms with van der Waals surface area (Å²) >= 11 is 0. The number of hydrogen-bond donors (Lipinski definition) is 1. The van der Waals surface area contributed by atoms with Crippen LogP contribution in [0.4, 0.5) is 4.79 Å². The first-order chi connectivity index (χ1) is 11.7. The second kappa shape index (κ2) is 9.37. The van der Waals surface area contributed by atoms with Crippen LogP contribution in [-0.4, -0.2) is 58.5 Å². The van der Waals surface area contributed by atoms with Crippen LogP contribution in [-0.2, 0) is 11.2 Å². The van der Waals surface area contributed by atoms with E-state index in [1.54, 1.807) is 21.3 Å². The van der Waals surface area contributed by atoms with Gasteiger partial charge in [-0.3, -0.25) is 0 Å². The number of likely N-dealkylation sites (tertiary alicyclic amines) is 1. The van der Waals surface area contributed by atoms with E-state index in [-0.39, 0.29) is 6.03 Å². The Kier molecular flexibility index (Phi) is 7.18. The van der Waals surface area contributed by atoms with Gasteiger partial charge in [-0.15, -0.1) is 0 Å². The zero-order valence-corrected chi connectivity index (χ0v) is 14.8. The molecule has 1 aliphatic heterocycles. The van der Waals surface area contributed by atoms with Crippen LogP contribution in [0.1, 0.15) is 18.4 Å². The first kappa shape index (κ1) is 18.4. The Hall–Kier alpha value is -1.95. The van der Waals surface area contributed by atoms with E-state index in [1.807, 2.05) is 17.0 Å². The molecule has 0 atom stereocenters. The van der Waals surface area contributed by atoms with Gasteiger partial charge in [-0.1, -0.05) is 6.07 Å². The molecule has 0 unspecified atom stereocenters. The van der Waals surface area contributed by atoms with Crippen molar-refractivity contribution in [1.29, 1.82) is 0 Å². The topological polar surface area (TPSA) is 60.0 Å². The van der Waals surface area contributed by atoms with E-state index in [4.69, 9.17) is 14.2 Å². The number of ether oxygens (including phenoxy) is 3. The Balaban J connectivity index is 1.81. The van der Waals surface area contributed by atoms with Gasteiger partial charge in [0.05, 0.1) is 20.8 Å². The molecule has 0 aliphatic carbocycles. The summed E-state index contributed by atoms with van der Waals surface area (Å²) in [5.41, 5.74) is 1.25. The number of rotatable bonds is 7. The van der Waals surface area contributed by atoms with Gasteiger partial charge < -0.3 is 24.4 Å². The minimum absolute atomic E-state index is 0.0108. The first-order valence-corrected chi connectivity index (χ1v) is 8.40. The average molecular weight is 336 g/mol. The Bertz CT molecular complexity index is 528. The van der Waals surface area contributed by atoms with Crippen molar-refractivity contribution in [3.63, 3.8) is 0 Å². The summed E-state index contributed by atoms with van der Waals surface area (Å²) in [6.07, 6.45) is 3.04. The SMILES string of the molecule is COCCNC(=O)N1CCC(Cc2ccc(OC)c(OC)c2)CC1. The number of carbonyl (C=O) groups excluding carboxylic acids is 1. The van der Waals surface area contributed by atoms with Crippen LogP contribution in [0.25, 0.3) is 0 Å². The summed E-state index contributed by atoms with van der Waals surface area (Å²) < 4.78 is 15.6. The maximum Gasteiger partial charge on any atom is 0.317 e. The highest BCUT2D eigenvalue weighted by molar-refractivity contribution is 5.74. The average Bonchev–Trinajstić information content (AvgIpc) is 2.62. The van der Waals surface area contributed by atoms with Crippen molar-refractivity contribution < 1.29 is 19.0 Å². The molecule has 1 aromatic carbocycles. The fourth-order valence-electron chi connectivity index (χ4n) is 3.05. The Morgan fingerprint density at radius 1 is 1.17 bits per heavy atom. The predicted molar refractivity (Wildman–Crippen MR) is 92.8 cm³/mol. The number of nitrogens with one attached hydrogen (secondary N) is 1. The summed E-state index contributed by atoms with van der Waals surface area (Å²) in [5.74, 6) is 2.11. The third kappa shape index (κ3) is 5.03. The normalized spacial score (nSPS) is 15.2. The molecule has 6 nitrogen and oxygen atoms in total. The molecule has 2 rings (SSSR count). The van der Waals surface area contributed by atoms with E-state index in [0.717, 1.165) is 43.9 Å². The molecular weight excluding hydrogens is 308 g/mol. The van der Waals surface area contributed by atoms with Crippen molar-refractivity contribution in [2.24, 2.45) is 5.92 Å². The molecule has 0 spiro atoms. The molecule has 0 bridgehead atoms. The molecule has 24 heavy (non-hydrogen) atoms. The zero-order chi connectivity index (χ0) is 17.4. The summed E-state index contributed by atoms with van der Waals surface area (Å²) in [7, 11) is 4.93. The second-order valence-corrected chi connectivity index (χ2v) is 6.05. The molecule has 1 fully saturated rings.